The molecule has 2 aromatic rings. The normalized spacial score (nSPS) is 11.6. The van der Waals surface area contributed by atoms with Crippen LogP contribution in [0.25, 0.3) is 11.2 Å². The number of aliphatic carboxylic acids is 1. The summed E-state index contributed by atoms with van der Waals surface area (Å²) in [5.41, 5.74) is 7.38. The third-order valence-electron chi connectivity index (χ3n) is 3.24. The molecule has 0 saturated heterocycles. The van der Waals surface area contributed by atoms with Gasteiger partial charge < -0.3 is 29.6 Å². The van der Waals surface area contributed by atoms with Crippen LogP contribution in [0.3, 0.4) is 0 Å². The molecular formula is C17H28N5O6P. The number of aryl methyl sites for hydroxylation is 1. The minimum atomic E-state index is -3.26. The van der Waals surface area contributed by atoms with Gasteiger partial charge in [-0.2, -0.15) is 4.98 Å². The molecule has 0 aliphatic heterocycles. The summed E-state index contributed by atoms with van der Waals surface area (Å²) in [5.74, 6) is -0.914. The second-order valence-electron chi connectivity index (χ2n) is 6.68. The van der Waals surface area contributed by atoms with Crippen molar-refractivity contribution in [3.63, 3.8) is 0 Å². The number of aromatic nitrogens is 4. The van der Waals surface area contributed by atoms with Gasteiger partial charge in [0.05, 0.1) is 30.8 Å². The molecule has 0 amide bonds. The Labute approximate surface area is 169 Å². The lowest BCUT2D eigenvalue weighted by atomic mass is 10.3. The van der Waals surface area contributed by atoms with Crippen molar-refractivity contribution in [1.29, 1.82) is 0 Å². The van der Waals surface area contributed by atoms with Crippen molar-refractivity contribution in [3.05, 3.63) is 24.2 Å². The van der Waals surface area contributed by atoms with Crippen LogP contribution in [0.2, 0.25) is 0 Å². The first-order valence-corrected chi connectivity index (χ1v) is 10.5. The molecule has 0 aliphatic carbocycles. The van der Waals surface area contributed by atoms with Crippen LogP contribution in [0.1, 0.15) is 33.4 Å². The Morgan fingerprint density at radius 2 is 1.83 bits per heavy atom. The number of fused-ring (bicyclic) bond motifs is 1. The summed E-state index contributed by atoms with van der Waals surface area (Å²) in [6.45, 7) is 12.3. The number of aliphatic hydroxyl groups is 1. The lowest BCUT2D eigenvalue weighted by Crippen LogP contribution is -2.09. The molecule has 0 radical (unpaired) electrons. The van der Waals surface area contributed by atoms with Gasteiger partial charge in [-0.3, -0.25) is 4.57 Å². The summed E-state index contributed by atoms with van der Waals surface area (Å²) < 4.78 is 23.1. The van der Waals surface area contributed by atoms with E-state index in [-0.39, 0.29) is 30.3 Å². The fourth-order valence-corrected chi connectivity index (χ4v) is 3.70. The number of carboxylic acid groups (broad SMARTS) is 1. The zero-order valence-corrected chi connectivity index (χ0v) is 18.1. The maximum Gasteiger partial charge on any atom is 0.356 e. The van der Waals surface area contributed by atoms with Crippen LogP contribution in [0.5, 0.6) is 0 Å². The Balaban J connectivity index is 0.000000311. The maximum atomic E-state index is 11.5. The van der Waals surface area contributed by atoms with Crippen molar-refractivity contribution in [2.75, 3.05) is 12.1 Å². The number of nitrogens with zero attached hydrogens (tertiary/aromatic N) is 4. The number of imidazole rings is 1. The summed E-state index contributed by atoms with van der Waals surface area (Å²) in [5, 5.41) is 17.5. The molecule has 0 spiro atoms. The fraction of sp³-hybridized carbons (Fsp3) is 0.529. The molecule has 2 rings (SSSR count). The molecule has 4 N–H and O–H groups in total. The monoisotopic (exact) mass is 429 g/mol. The van der Waals surface area contributed by atoms with Gasteiger partial charge in [0.2, 0.25) is 5.95 Å². The quantitative estimate of drug-likeness (QED) is 0.419. The predicted molar refractivity (Wildman–Crippen MR) is 108 cm³/mol. The molecule has 0 unspecified atom stereocenters. The molecule has 162 valence electrons. The molecule has 0 saturated carbocycles. The zero-order valence-electron chi connectivity index (χ0n) is 17.2. The number of hydrogen-bond acceptors (Lipinski definition) is 9. The molecule has 0 aliphatic rings. The zero-order chi connectivity index (χ0) is 22.4. The number of nitrogen functional groups attached to an aromatic ring is 1. The van der Waals surface area contributed by atoms with Gasteiger partial charge in [-0.15, -0.1) is 0 Å². The Morgan fingerprint density at radius 3 is 2.28 bits per heavy atom. The highest BCUT2D eigenvalue weighted by Gasteiger charge is 2.26. The lowest BCUT2D eigenvalue weighted by Gasteiger charge is -2.20. The van der Waals surface area contributed by atoms with E-state index in [1.807, 2.05) is 0 Å². The van der Waals surface area contributed by atoms with E-state index in [1.54, 1.807) is 39.2 Å². The van der Waals surface area contributed by atoms with Crippen LogP contribution in [0.15, 0.2) is 18.5 Å². The fourth-order valence-electron chi connectivity index (χ4n) is 2.23. The highest BCUT2D eigenvalue weighted by molar-refractivity contribution is 7.53. The minimum Gasteiger partial charge on any atom is -0.478 e. The van der Waals surface area contributed by atoms with Crippen molar-refractivity contribution < 1.29 is 28.6 Å². The molecule has 0 bridgehead atoms. The highest BCUT2D eigenvalue weighted by Crippen LogP contribution is 2.49. The second kappa shape index (κ2) is 10.4. The van der Waals surface area contributed by atoms with Crippen LogP contribution in [-0.4, -0.2) is 54.3 Å². The summed E-state index contributed by atoms with van der Waals surface area (Å²) in [6, 6.07) is 0. The van der Waals surface area contributed by atoms with E-state index >= 15 is 0 Å². The molecule has 0 fully saturated rings. The molecule has 29 heavy (non-hydrogen) atoms. The van der Waals surface area contributed by atoms with Crippen LogP contribution < -0.4 is 5.73 Å². The molecule has 2 aromatic heterocycles. The van der Waals surface area contributed by atoms with E-state index in [4.69, 9.17) is 25.0 Å². The summed E-state index contributed by atoms with van der Waals surface area (Å²) in [7, 11) is -3.26. The summed E-state index contributed by atoms with van der Waals surface area (Å²) in [6.07, 6.45) is 0.520. The molecule has 2 heterocycles. The average molecular weight is 429 g/mol. The number of nitrogens with two attached hydrogens (primary N) is 1. The van der Waals surface area contributed by atoms with Crippen molar-refractivity contribution in [2.45, 2.75) is 53.4 Å². The van der Waals surface area contributed by atoms with E-state index in [9.17, 15) is 9.36 Å². The summed E-state index contributed by atoms with van der Waals surface area (Å²) in [4.78, 5) is 22.8. The third-order valence-corrected chi connectivity index (χ3v) is 5.07. The summed E-state index contributed by atoms with van der Waals surface area (Å²) >= 11 is 0. The lowest BCUT2D eigenvalue weighted by molar-refractivity contribution is -0.132. The first-order chi connectivity index (χ1) is 13.4. The number of anilines is 1. The topological polar surface area (TPSA) is 163 Å². The molecule has 0 atom stereocenters. The van der Waals surface area contributed by atoms with E-state index in [2.05, 4.69) is 21.5 Å². The molecule has 12 heteroatoms. The Kier molecular flexibility index (Phi) is 8.90. The molecular weight excluding hydrogens is 401 g/mol. The van der Waals surface area contributed by atoms with Gasteiger partial charge in [-0.1, -0.05) is 6.58 Å². The smallest absolute Gasteiger partial charge is 0.356 e. The highest BCUT2D eigenvalue weighted by atomic mass is 31.2. The Bertz CT molecular complexity index is 897. The van der Waals surface area contributed by atoms with Gasteiger partial charge in [-0.25, -0.2) is 14.8 Å². The SMILES string of the molecule is C=C(Cn1cnc2c(C)nc(N)nc21)C(=O)O.CC(C)OP(=O)(CO)OC(C)C. The Morgan fingerprint density at radius 1 is 1.28 bits per heavy atom. The van der Waals surface area contributed by atoms with Crippen molar-refractivity contribution in [2.24, 2.45) is 0 Å². The molecule has 0 aromatic carbocycles. The van der Waals surface area contributed by atoms with Gasteiger partial charge in [0.15, 0.2) is 5.65 Å². The predicted octanol–water partition coefficient (Wildman–Crippen LogP) is 2.34. The number of carbonyl (C=O) groups is 1. The van der Waals surface area contributed by atoms with Crippen molar-refractivity contribution >= 4 is 30.7 Å². The van der Waals surface area contributed by atoms with Gasteiger partial charge >= 0.3 is 13.6 Å². The van der Waals surface area contributed by atoms with E-state index in [0.717, 1.165) is 0 Å². The van der Waals surface area contributed by atoms with Gasteiger partial charge in [0.1, 0.15) is 11.9 Å². The maximum absolute atomic E-state index is 11.5. The Hall–Kier alpha value is -2.33. The van der Waals surface area contributed by atoms with Gasteiger partial charge in [0.25, 0.3) is 0 Å². The molecule has 11 nitrogen and oxygen atoms in total. The minimum absolute atomic E-state index is 0.0548. The van der Waals surface area contributed by atoms with E-state index in [1.165, 1.54) is 6.33 Å². The van der Waals surface area contributed by atoms with Crippen molar-refractivity contribution in [1.82, 2.24) is 19.5 Å². The van der Waals surface area contributed by atoms with Crippen LogP contribution >= 0.6 is 7.60 Å². The van der Waals surface area contributed by atoms with Crippen LogP contribution in [0, 0.1) is 6.92 Å². The van der Waals surface area contributed by atoms with E-state index in [0.29, 0.717) is 16.9 Å². The first kappa shape index (κ1) is 24.7. The van der Waals surface area contributed by atoms with Crippen LogP contribution in [0.4, 0.5) is 5.95 Å². The third kappa shape index (κ3) is 7.54. The largest absolute Gasteiger partial charge is 0.478 e. The number of carboxylic acids is 1. The standard InChI is InChI=1S/C10H11N5O2.C7H17O4P/c1-5(9(16)17)3-15-4-12-7-6(2)13-10(11)14-8(7)15;1-6(2)10-12(9,5-8)11-7(3)4/h4H,1,3H2,2H3,(H,16,17)(H2,11,13,14);6-8H,5H2,1-4H3. The second-order valence-corrected chi connectivity index (χ2v) is 8.61. The van der Waals surface area contributed by atoms with Crippen LogP contribution in [-0.2, 0) is 25.0 Å². The average Bonchev–Trinajstić information content (AvgIpc) is 2.97. The van der Waals surface area contributed by atoms with Gasteiger partial charge in [0, 0.05) is 5.57 Å². The first-order valence-electron chi connectivity index (χ1n) is 8.81. The van der Waals surface area contributed by atoms with E-state index < -0.39 is 19.9 Å². The number of rotatable bonds is 8. The number of hydrogen-bond donors (Lipinski definition) is 3. The van der Waals surface area contributed by atoms with Crippen molar-refractivity contribution in [3.8, 4) is 0 Å². The van der Waals surface area contributed by atoms with Gasteiger partial charge in [-0.05, 0) is 34.6 Å². The number of aliphatic hydroxyl groups excluding tert-OH is 1.